The zero-order chi connectivity index (χ0) is 20.9. The maximum atomic E-state index is 12.6. The molecule has 0 saturated carbocycles. The van der Waals surface area contributed by atoms with Gasteiger partial charge in [0.15, 0.2) is 0 Å². The first kappa shape index (κ1) is 22.2. The molecule has 1 aliphatic heterocycles. The van der Waals surface area contributed by atoms with E-state index < -0.39 is 5.60 Å². The summed E-state index contributed by atoms with van der Waals surface area (Å²) in [7, 11) is 2.01. The molecule has 3 atom stereocenters. The Labute approximate surface area is 168 Å². The lowest BCUT2D eigenvalue weighted by molar-refractivity contribution is -0.153. The molecule has 1 heterocycles. The van der Waals surface area contributed by atoms with E-state index in [0.29, 0.717) is 26.1 Å². The fourth-order valence-corrected chi connectivity index (χ4v) is 3.61. The zero-order valence-corrected chi connectivity index (χ0v) is 18.0. The Morgan fingerprint density at radius 3 is 2.46 bits per heavy atom. The third-order valence-corrected chi connectivity index (χ3v) is 5.24. The van der Waals surface area contributed by atoms with Gasteiger partial charge in [-0.2, -0.15) is 0 Å². The normalized spacial score (nSPS) is 21.3. The molecule has 156 valence electrons. The van der Waals surface area contributed by atoms with Crippen LogP contribution in [0, 0.1) is 5.92 Å². The molecular formula is C22H34N2O4. The van der Waals surface area contributed by atoms with Crippen molar-refractivity contribution >= 4 is 12.1 Å². The van der Waals surface area contributed by atoms with Crippen LogP contribution in [0.3, 0.4) is 0 Å². The van der Waals surface area contributed by atoms with Crippen molar-refractivity contribution in [3.05, 3.63) is 35.9 Å². The van der Waals surface area contributed by atoms with E-state index in [2.05, 4.69) is 24.0 Å². The molecule has 1 amide bonds. The molecule has 0 aromatic heterocycles. The molecule has 0 aliphatic carbocycles. The highest BCUT2D eigenvalue weighted by atomic mass is 16.6. The van der Waals surface area contributed by atoms with Crippen molar-refractivity contribution in [2.45, 2.75) is 58.7 Å². The number of likely N-dealkylation sites (N-methyl/N-ethyl adjacent to an activating group) is 1. The number of benzene rings is 1. The zero-order valence-electron chi connectivity index (χ0n) is 18.0. The van der Waals surface area contributed by atoms with Crippen molar-refractivity contribution in [1.82, 2.24) is 9.80 Å². The molecule has 2 rings (SSSR count). The summed E-state index contributed by atoms with van der Waals surface area (Å²) in [5, 5.41) is 0. The summed E-state index contributed by atoms with van der Waals surface area (Å²) >= 11 is 0. The molecule has 28 heavy (non-hydrogen) atoms. The maximum Gasteiger partial charge on any atom is 0.410 e. The fourth-order valence-electron chi connectivity index (χ4n) is 3.61. The topological polar surface area (TPSA) is 59.1 Å². The van der Waals surface area contributed by atoms with Crippen LogP contribution in [0.25, 0.3) is 0 Å². The molecular weight excluding hydrogens is 356 g/mol. The molecule has 0 bridgehead atoms. The summed E-state index contributed by atoms with van der Waals surface area (Å²) in [5.41, 5.74) is 0.621. The number of nitrogens with zero attached hydrogens (tertiary/aromatic N) is 2. The van der Waals surface area contributed by atoms with Gasteiger partial charge in [0, 0.05) is 25.2 Å². The molecule has 0 unspecified atom stereocenters. The number of amides is 1. The fraction of sp³-hybridized carbons (Fsp3) is 0.636. The van der Waals surface area contributed by atoms with Crippen LogP contribution in [-0.2, 0) is 14.3 Å². The first-order valence-corrected chi connectivity index (χ1v) is 10.1. The van der Waals surface area contributed by atoms with E-state index in [4.69, 9.17) is 9.47 Å². The second kappa shape index (κ2) is 9.41. The summed E-state index contributed by atoms with van der Waals surface area (Å²) in [6.45, 7) is 10.8. The maximum absolute atomic E-state index is 12.6. The molecule has 1 aromatic rings. The molecule has 1 aliphatic rings. The number of rotatable bonds is 5. The van der Waals surface area contributed by atoms with E-state index in [1.165, 1.54) is 5.56 Å². The Balaban J connectivity index is 2.21. The SMILES string of the molecule is CCOC(=O)[C@@H]1CCN(C(=O)OC(C)(C)C)C[C@@H]1N(C)[C@H](C)c1ccccc1. The van der Waals surface area contributed by atoms with Crippen molar-refractivity contribution in [1.29, 1.82) is 0 Å². The quantitative estimate of drug-likeness (QED) is 0.715. The summed E-state index contributed by atoms with van der Waals surface area (Å²) in [6, 6.07) is 10.1. The van der Waals surface area contributed by atoms with Gasteiger partial charge in [0.2, 0.25) is 0 Å². The van der Waals surface area contributed by atoms with Crippen molar-refractivity contribution in [2.75, 3.05) is 26.7 Å². The van der Waals surface area contributed by atoms with Crippen LogP contribution in [0.1, 0.15) is 52.6 Å². The number of likely N-dealkylation sites (tertiary alicyclic amines) is 1. The van der Waals surface area contributed by atoms with Crippen LogP contribution >= 0.6 is 0 Å². The van der Waals surface area contributed by atoms with Gasteiger partial charge in [0.1, 0.15) is 5.60 Å². The molecule has 1 aromatic carbocycles. The summed E-state index contributed by atoms with van der Waals surface area (Å²) in [5.74, 6) is -0.460. The van der Waals surface area contributed by atoms with Gasteiger partial charge in [0.25, 0.3) is 0 Å². The molecule has 0 radical (unpaired) electrons. The summed E-state index contributed by atoms with van der Waals surface area (Å²) < 4.78 is 10.9. The second-order valence-corrected chi connectivity index (χ2v) is 8.39. The van der Waals surface area contributed by atoms with E-state index in [1.807, 2.05) is 52.9 Å². The Kier molecular flexibility index (Phi) is 7.47. The highest BCUT2D eigenvalue weighted by Crippen LogP contribution is 2.30. The monoisotopic (exact) mass is 390 g/mol. The molecule has 0 spiro atoms. The van der Waals surface area contributed by atoms with Gasteiger partial charge < -0.3 is 14.4 Å². The standard InChI is InChI=1S/C22H34N2O4/c1-7-27-20(25)18-13-14-24(21(26)28-22(3,4)5)15-19(18)23(6)16(2)17-11-9-8-10-12-17/h8-12,16,18-19H,7,13-15H2,1-6H3/t16-,18-,19+/m1/s1. The predicted octanol–water partition coefficient (Wildman–Crippen LogP) is 3.87. The number of esters is 1. The summed E-state index contributed by atoms with van der Waals surface area (Å²) in [4.78, 5) is 29.1. The highest BCUT2D eigenvalue weighted by molar-refractivity contribution is 5.74. The van der Waals surface area contributed by atoms with Gasteiger partial charge in [-0.1, -0.05) is 30.3 Å². The van der Waals surface area contributed by atoms with Crippen LogP contribution in [0.2, 0.25) is 0 Å². The molecule has 0 N–H and O–H groups in total. The van der Waals surface area contributed by atoms with E-state index in [0.717, 1.165) is 0 Å². The molecule has 6 nitrogen and oxygen atoms in total. The van der Waals surface area contributed by atoms with Crippen molar-refractivity contribution in [2.24, 2.45) is 5.92 Å². The highest BCUT2D eigenvalue weighted by Gasteiger charge is 2.41. The van der Waals surface area contributed by atoms with Gasteiger partial charge in [-0.25, -0.2) is 4.79 Å². The Morgan fingerprint density at radius 1 is 1.25 bits per heavy atom. The Bertz CT molecular complexity index is 656. The lowest BCUT2D eigenvalue weighted by Crippen LogP contribution is -2.56. The van der Waals surface area contributed by atoms with Gasteiger partial charge >= 0.3 is 12.1 Å². The average Bonchev–Trinajstić information content (AvgIpc) is 2.66. The predicted molar refractivity (Wildman–Crippen MR) is 109 cm³/mol. The van der Waals surface area contributed by atoms with E-state index in [9.17, 15) is 9.59 Å². The van der Waals surface area contributed by atoms with Crippen molar-refractivity contribution in [3.63, 3.8) is 0 Å². The van der Waals surface area contributed by atoms with Crippen LogP contribution in [0.15, 0.2) is 30.3 Å². The van der Waals surface area contributed by atoms with Gasteiger partial charge in [-0.05, 0) is 53.7 Å². The minimum Gasteiger partial charge on any atom is -0.466 e. The summed E-state index contributed by atoms with van der Waals surface area (Å²) in [6.07, 6.45) is 0.231. The van der Waals surface area contributed by atoms with E-state index >= 15 is 0 Å². The van der Waals surface area contributed by atoms with Gasteiger partial charge in [-0.3, -0.25) is 9.69 Å². The lowest BCUT2D eigenvalue weighted by atomic mass is 9.89. The third-order valence-electron chi connectivity index (χ3n) is 5.24. The first-order valence-electron chi connectivity index (χ1n) is 10.1. The number of carbonyl (C=O) groups excluding carboxylic acids is 2. The Hall–Kier alpha value is -2.08. The van der Waals surface area contributed by atoms with E-state index in [-0.39, 0.29) is 30.1 Å². The number of ether oxygens (including phenoxy) is 2. The van der Waals surface area contributed by atoms with E-state index in [1.54, 1.807) is 4.90 Å². The molecule has 6 heteroatoms. The minimum atomic E-state index is -0.548. The van der Waals surface area contributed by atoms with Crippen LogP contribution in [-0.4, -0.2) is 60.2 Å². The Morgan fingerprint density at radius 2 is 1.89 bits per heavy atom. The van der Waals surface area contributed by atoms with Gasteiger partial charge in [-0.15, -0.1) is 0 Å². The lowest BCUT2D eigenvalue weighted by Gasteiger charge is -2.44. The molecule has 1 saturated heterocycles. The largest absolute Gasteiger partial charge is 0.466 e. The van der Waals surface area contributed by atoms with Crippen LogP contribution in [0.5, 0.6) is 0 Å². The van der Waals surface area contributed by atoms with Gasteiger partial charge in [0.05, 0.1) is 12.5 Å². The number of hydrogen-bond acceptors (Lipinski definition) is 5. The number of carbonyl (C=O) groups is 2. The number of piperidine rings is 1. The number of hydrogen-bond donors (Lipinski definition) is 0. The third kappa shape index (κ3) is 5.71. The average molecular weight is 391 g/mol. The second-order valence-electron chi connectivity index (χ2n) is 8.39. The minimum absolute atomic E-state index is 0.0988. The van der Waals surface area contributed by atoms with Crippen molar-refractivity contribution in [3.8, 4) is 0 Å². The van der Waals surface area contributed by atoms with Crippen LogP contribution in [0.4, 0.5) is 4.79 Å². The van der Waals surface area contributed by atoms with Crippen molar-refractivity contribution < 1.29 is 19.1 Å². The smallest absolute Gasteiger partial charge is 0.410 e. The van der Waals surface area contributed by atoms with Crippen LogP contribution < -0.4 is 0 Å². The first-order chi connectivity index (χ1) is 13.1. The molecule has 1 fully saturated rings.